The third-order valence-electron chi connectivity index (χ3n) is 2.42. The van der Waals surface area contributed by atoms with E-state index in [2.05, 4.69) is 4.72 Å². The molecule has 1 unspecified atom stereocenters. The number of sulfonamides is 1. The Kier molecular flexibility index (Phi) is 5.11. The van der Waals surface area contributed by atoms with Crippen LogP contribution < -0.4 is 4.72 Å². The van der Waals surface area contributed by atoms with Crippen LogP contribution in [0.5, 0.6) is 0 Å². The maximum absolute atomic E-state index is 12.0. The average Bonchev–Trinajstić information content (AvgIpc) is 2.27. The van der Waals surface area contributed by atoms with E-state index in [0.29, 0.717) is 4.90 Å². The molecule has 17 heavy (non-hydrogen) atoms. The zero-order valence-electron chi connectivity index (χ0n) is 10.6. The molecular formula is C12H20N2O2S. The summed E-state index contributed by atoms with van der Waals surface area (Å²) in [5.74, 6) is 0. The third kappa shape index (κ3) is 4.85. The van der Waals surface area contributed by atoms with E-state index in [1.54, 1.807) is 30.3 Å². The van der Waals surface area contributed by atoms with Crippen LogP contribution in [0.25, 0.3) is 0 Å². The standard InChI is InChI=1S/C12H20N2O2S/c1-11(9-10-14(2)3)13-17(15,16)12-7-5-4-6-8-12/h4-8,11,13H,9-10H2,1-3H3. The van der Waals surface area contributed by atoms with Gasteiger partial charge in [-0.1, -0.05) is 18.2 Å². The van der Waals surface area contributed by atoms with Crippen LogP contribution >= 0.6 is 0 Å². The van der Waals surface area contributed by atoms with Gasteiger partial charge < -0.3 is 4.90 Å². The van der Waals surface area contributed by atoms with Gasteiger partial charge in [-0.15, -0.1) is 0 Å². The predicted molar refractivity (Wildman–Crippen MR) is 69.4 cm³/mol. The van der Waals surface area contributed by atoms with Gasteiger partial charge in [0.2, 0.25) is 10.0 Å². The van der Waals surface area contributed by atoms with Crippen molar-refractivity contribution < 1.29 is 8.42 Å². The minimum atomic E-state index is -3.38. The second-order valence-electron chi connectivity index (χ2n) is 4.43. The van der Waals surface area contributed by atoms with Gasteiger partial charge in [-0.25, -0.2) is 13.1 Å². The molecule has 1 aromatic carbocycles. The van der Waals surface area contributed by atoms with Gasteiger partial charge in [0, 0.05) is 6.04 Å². The van der Waals surface area contributed by atoms with E-state index in [-0.39, 0.29) is 6.04 Å². The van der Waals surface area contributed by atoms with Crippen LogP contribution in [0.1, 0.15) is 13.3 Å². The van der Waals surface area contributed by atoms with Crippen molar-refractivity contribution in [3.05, 3.63) is 30.3 Å². The monoisotopic (exact) mass is 256 g/mol. The normalized spacial score (nSPS) is 13.9. The number of nitrogens with one attached hydrogen (secondary N) is 1. The smallest absolute Gasteiger partial charge is 0.240 e. The van der Waals surface area contributed by atoms with E-state index < -0.39 is 10.0 Å². The molecule has 5 heteroatoms. The molecule has 0 aliphatic heterocycles. The van der Waals surface area contributed by atoms with Gasteiger partial charge >= 0.3 is 0 Å². The lowest BCUT2D eigenvalue weighted by Crippen LogP contribution is -2.34. The fourth-order valence-electron chi connectivity index (χ4n) is 1.44. The Morgan fingerprint density at radius 1 is 1.24 bits per heavy atom. The van der Waals surface area contributed by atoms with Crippen molar-refractivity contribution in [2.75, 3.05) is 20.6 Å². The average molecular weight is 256 g/mol. The van der Waals surface area contributed by atoms with Gasteiger partial charge in [0.1, 0.15) is 0 Å². The summed E-state index contributed by atoms with van der Waals surface area (Å²) in [5, 5.41) is 0. The molecular weight excluding hydrogens is 236 g/mol. The Morgan fingerprint density at radius 2 is 1.82 bits per heavy atom. The lowest BCUT2D eigenvalue weighted by atomic mass is 10.2. The van der Waals surface area contributed by atoms with Gasteiger partial charge in [-0.05, 0) is 46.1 Å². The number of benzene rings is 1. The maximum atomic E-state index is 12.0. The van der Waals surface area contributed by atoms with Gasteiger partial charge in [0.25, 0.3) is 0 Å². The molecule has 0 saturated carbocycles. The van der Waals surface area contributed by atoms with Crippen LogP contribution in [0.3, 0.4) is 0 Å². The third-order valence-corrected chi connectivity index (χ3v) is 4.02. The topological polar surface area (TPSA) is 49.4 Å². The lowest BCUT2D eigenvalue weighted by molar-refractivity contribution is 0.379. The Bertz CT molecular complexity index is 429. The molecule has 0 aliphatic carbocycles. The highest BCUT2D eigenvalue weighted by atomic mass is 32.2. The van der Waals surface area contributed by atoms with Crippen LogP contribution in [-0.2, 0) is 10.0 Å². The van der Waals surface area contributed by atoms with Gasteiger partial charge in [0.15, 0.2) is 0 Å². The fraction of sp³-hybridized carbons (Fsp3) is 0.500. The van der Waals surface area contributed by atoms with Crippen molar-refractivity contribution >= 4 is 10.0 Å². The summed E-state index contributed by atoms with van der Waals surface area (Å²) < 4.78 is 26.6. The first kappa shape index (κ1) is 14.2. The van der Waals surface area contributed by atoms with Crippen LogP contribution in [-0.4, -0.2) is 40.0 Å². The number of rotatable bonds is 6. The van der Waals surface area contributed by atoms with E-state index in [1.807, 2.05) is 25.9 Å². The summed E-state index contributed by atoms with van der Waals surface area (Å²) in [5.41, 5.74) is 0. The maximum Gasteiger partial charge on any atom is 0.240 e. The second-order valence-corrected chi connectivity index (χ2v) is 6.14. The zero-order valence-corrected chi connectivity index (χ0v) is 11.4. The molecule has 0 heterocycles. The van der Waals surface area contributed by atoms with E-state index in [0.717, 1.165) is 13.0 Å². The first-order valence-corrected chi connectivity index (χ1v) is 7.12. The molecule has 0 saturated heterocycles. The highest BCUT2D eigenvalue weighted by Crippen LogP contribution is 2.08. The van der Waals surface area contributed by atoms with Crippen molar-refractivity contribution in [3.63, 3.8) is 0 Å². The first-order chi connectivity index (χ1) is 7.92. The zero-order chi connectivity index (χ0) is 12.9. The van der Waals surface area contributed by atoms with Crippen LogP contribution in [0, 0.1) is 0 Å². The molecule has 1 rings (SSSR count). The Labute approximate surface area is 104 Å². The van der Waals surface area contributed by atoms with Gasteiger partial charge in [0.05, 0.1) is 4.90 Å². The molecule has 1 N–H and O–H groups in total. The summed E-state index contributed by atoms with van der Waals surface area (Å²) in [4.78, 5) is 2.35. The Morgan fingerprint density at radius 3 is 2.35 bits per heavy atom. The summed E-state index contributed by atoms with van der Waals surface area (Å²) in [6, 6.07) is 8.37. The van der Waals surface area contributed by atoms with Crippen molar-refractivity contribution in [1.82, 2.24) is 9.62 Å². The van der Waals surface area contributed by atoms with Gasteiger partial charge in [-0.3, -0.25) is 0 Å². The van der Waals surface area contributed by atoms with E-state index in [4.69, 9.17) is 0 Å². The molecule has 1 atom stereocenters. The van der Waals surface area contributed by atoms with E-state index in [9.17, 15) is 8.42 Å². The van der Waals surface area contributed by atoms with Crippen LogP contribution in [0.15, 0.2) is 35.2 Å². The predicted octanol–water partition coefficient (Wildman–Crippen LogP) is 1.31. The van der Waals surface area contributed by atoms with Crippen LogP contribution in [0.4, 0.5) is 0 Å². The van der Waals surface area contributed by atoms with Crippen molar-refractivity contribution in [3.8, 4) is 0 Å². The Balaban J connectivity index is 2.62. The summed E-state index contributed by atoms with van der Waals surface area (Å²) in [7, 11) is 0.565. The minimum absolute atomic E-state index is 0.0670. The minimum Gasteiger partial charge on any atom is -0.309 e. The molecule has 0 radical (unpaired) electrons. The summed E-state index contributed by atoms with van der Waals surface area (Å²) in [6.07, 6.45) is 0.791. The summed E-state index contributed by atoms with van der Waals surface area (Å²) in [6.45, 7) is 2.74. The molecule has 96 valence electrons. The number of nitrogens with zero attached hydrogens (tertiary/aromatic N) is 1. The van der Waals surface area contributed by atoms with E-state index in [1.165, 1.54) is 0 Å². The highest BCUT2D eigenvalue weighted by molar-refractivity contribution is 7.89. The fourth-order valence-corrected chi connectivity index (χ4v) is 2.74. The molecule has 0 bridgehead atoms. The molecule has 0 amide bonds. The molecule has 0 aliphatic rings. The molecule has 4 nitrogen and oxygen atoms in total. The number of hydrogen-bond donors (Lipinski definition) is 1. The largest absolute Gasteiger partial charge is 0.309 e. The lowest BCUT2D eigenvalue weighted by Gasteiger charge is -2.16. The summed E-state index contributed by atoms with van der Waals surface area (Å²) >= 11 is 0. The van der Waals surface area contributed by atoms with E-state index >= 15 is 0 Å². The molecule has 0 fully saturated rings. The Hall–Kier alpha value is -0.910. The highest BCUT2D eigenvalue weighted by Gasteiger charge is 2.16. The van der Waals surface area contributed by atoms with Crippen molar-refractivity contribution in [1.29, 1.82) is 0 Å². The molecule has 1 aromatic rings. The van der Waals surface area contributed by atoms with Crippen molar-refractivity contribution in [2.45, 2.75) is 24.3 Å². The van der Waals surface area contributed by atoms with Gasteiger partial charge in [-0.2, -0.15) is 0 Å². The number of hydrogen-bond acceptors (Lipinski definition) is 3. The van der Waals surface area contributed by atoms with Crippen LogP contribution in [0.2, 0.25) is 0 Å². The first-order valence-electron chi connectivity index (χ1n) is 5.64. The molecule has 0 spiro atoms. The SMILES string of the molecule is CC(CCN(C)C)NS(=O)(=O)c1ccccc1. The second kappa shape index (κ2) is 6.14. The van der Waals surface area contributed by atoms with Crippen molar-refractivity contribution in [2.24, 2.45) is 0 Å². The quantitative estimate of drug-likeness (QED) is 0.835. The molecule has 0 aromatic heterocycles.